The van der Waals surface area contributed by atoms with Gasteiger partial charge in [-0.15, -0.1) is 0 Å². The predicted octanol–water partition coefficient (Wildman–Crippen LogP) is 0.0279. The molecule has 1 aliphatic rings. The highest BCUT2D eigenvalue weighted by molar-refractivity contribution is 6.32. The van der Waals surface area contributed by atoms with Crippen molar-refractivity contribution in [3.63, 3.8) is 0 Å². The fraction of sp³-hybridized carbons (Fsp3) is 0.455. The highest BCUT2D eigenvalue weighted by Crippen LogP contribution is 2.16. The molecule has 0 N–H and O–H groups in total. The van der Waals surface area contributed by atoms with E-state index in [1.54, 1.807) is 0 Å². The van der Waals surface area contributed by atoms with E-state index in [0.29, 0.717) is 6.10 Å². The first-order valence-electron chi connectivity index (χ1n) is 5.16. The second kappa shape index (κ2) is 4.05. The van der Waals surface area contributed by atoms with E-state index in [9.17, 15) is 0 Å². The molecule has 0 saturated carbocycles. The molecule has 14 heavy (non-hydrogen) atoms. The van der Waals surface area contributed by atoms with Crippen molar-refractivity contribution in [2.75, 3.05) is 20.1 Å². The van der Waals surface area contributed by atoms with Gasteiger partial charge >= 0.3 is 0 Å². The van der Waals surface area contributed by atoms with Gasteiger partial charge in [-0.1, -0.05) is 17.6 Å². The summed E-state index contributed by atoms with van der Waals surface area (Å²) < 4.78 is 5.86. The minimum absolute atomic E-state index is 0.378. The van der Waals surface area contributed by atoms with E-state index in [4.69, 9.17) is 4.74 Å². The Morgan fingerprint density at radius 1 is 1.36 bits per heavy atom. The van der Waals surface area contributed by atoms with E-state index >= 15 is 0 Å². The number of nitrogens with zero attached hydrogens (tertiary/aromatic N) is 1. The summed E-state index contributed by atoms with van der Waals surface area (Å²) >= 11 is 0. The van der Waals surface area contributed by atoms with Crippen molar-refractivity contribution in [1.29, 1.82) is 0 Å². The molecule has 0 spiro atoms. The zero-order valence-electron chi connectivity index (χ0n) is 8.86. The van der Waals surface area contributed by atoms with Crippen molar-refractivity contribution in [1.82, 2.24) is 4.90 Å². The number of rotatable bonds is 2. The zero-order chi connectivity index (χ0) is 9.97. The van der Waals surface area contributed by atoms with E-state index in [2.05, 4.69) is 31.9 Å². The van der Waals surface area contributed by atoms with Gasteiger partial charge in [-0.25, -0.2) is 0 Å². The lowest BCUT2D eigenvalue weighted by Crippen LogP contribution is -2.21. The van der Waals surface area contributed by atoms with Gasteiger partial charge in [0, 0.05) is 13.1 Å². The maximum atomic E-state index is 5.86. The largest absolute Gasteiger partial charge is 0.489 e. The Bertz CT molecular complexity index is 299. The molecule has 2 nitrogen and oxygen atoms in total. The quantitative estimate of drug-likeness (QED) is 0.608. The van der Waals surface area contributed by atoms with Crippen molar-refractivity contribution in [2.24, 2.45) is 0 Å². The molecule has 3 heteroatoms. The Morgan fingerprint density at radius 2 is 2.07 bits per heavy atom. The van der Waals surface area contributed by atoms with Crippen LogP contribution in [0.25, 0.3) is 0 Å². The van der Waals surface area contributed by atoms with Crippen molar-refractivity contribution >= 4 is 13.3 Å². The molecule has 1 heterocycles. The SMILES string of the molecule is Bc1ccc(O[C@H]2CCN(C)C2)cc1. The molecular weight excluding hydrogens is 173 g/mol. The third-order valence-electron chi connectivity index (χ3n) is 2.67. The molecule has 0 radical (unpaired) electrons. The molecule has 0 aromatic heterocycles. The van der Waals surface area contributed by atoms with Crippen molar-refractivity contribution in [2.45, 2.75) is 12.5 Å². The Kier molecular flexibility index (Phi) is 2.78. The smallest absolute Gasteiger partial charge is 0.139 e. The van der Waals surface area contributed by atoms with Crippen LogP contribution in [0, 0.1) is 0 Å². The normalized spacial score (nSPS) is 22.5. The lowest BCUT2D eigenvalue weighted by molar-refractivity contribution is 0.208. The van der Waals surface area contributed by atoms with Gasteiger partial charge in [0.2, 0.25) is 0 Å². The number of hydrogen-bond donors (Lipinski definition) is 0. The van der Waals surface area contributed by atoms with Crippen LogP contribution < -0.4 is 10.2 Å². The molecule has 0 amide bonds. The first-order valence-corrected chi connectivity index (χ1v) is 5.16. The van der Waals surface area contributed by atoms with Gasteiger partial charge in [0.25, 0.3) is 0 Å². The first-order chi connectivity index (χ1) is 6.74. The lowest BCUT2D eigenvalue weighted by atomic mass is 9.97. The minimum atomic E-state index is 0.378. The lowest BCUT2D eigenvalue weighted by Gasteiger charge is -2.13. The van der Waals surface area contributed by atoms with Gasteiger partial charge in [0.1, 0.15) is 19.7 Å². The van der Waals surface area contributed by atoms with Gasteiger partial charge in [-0.2, -0.15) is 0 Å². The van der Waals surface area contributed by atoms with Crippen molar-refractivity contribution in [3.05, 3.63) is 24.3 Å². The molecule has 1 fully saturated rings. The third kappa shape index (κ3) is 2.29. The highest BCUT2D eigenvalue weighted by atomic mass is 16.5. The fourth-order valence-electron chi connectivity index (χ4n) is 1.80. The van der Waals surface area contributed by atoms with Gasteiger partial charge in [-0.3, -0.25) is 0 Å². The van der Waals surface area contributed by atoms with Crippen LogP contribution in [0.15, 0.2) is 24.3 Å². The molecule has 1 saturated heterocycles. The molecule has 1 aliphatic heterocycles. The molecule has 2 rings (SSSR count). The molecule has 0 aliphatic carbocycles. The van der Waals surface area contributed by atoms with Crippen LogP contribution in [0.3, 0.4) is 0 Å². The van der Waals surface area contributed by atoms with E-state index < -0.39 is 0 Å². The average molecular weight is 189 g/mol. The Labute approximate surface area is 86.3 Å². The summed E-state index contributed by atoms with van der Waals surface area (Å²) in [5.41, 5.74) is 1.28. The maximum absolute atomic E-state index is 5.86. The molecule has 0 unspecified atom stereocenters. The molecule has 0 bridgehead atoms. The monoisotopic (exact) mass is 189 g/mol. The van der Waals surface area contributed by atoms with Gasteiger partial charge in [0.15, 0.2) is 0 Å². The Hall–Kier alpha value is -0.955. The number of likely N-dealkylation sites (tertiary alicyclic amines) is 1. The summed E-state index contributed by atoms with van der Waals surface area (Å²) in [6.45, 7) is 2.20. The minimum Gasteiger partial charge on any atom is -0.489 e. The Morgan fingerprint density at radius 3 is 2.64 bits per heavy atom. The standard InChI is InChI=1S/C11H16BNO/c1-13-7-6-11(8-13)14-10-4-2-9(12)3-5-10/h2-5,11H,6-8,12H2,1H3/t11-/m0/s1. The van der Waals surface area contributed by atoms with Crippen molar-refractivity contribution in [3.8, 4) is 5.75 Å². The van der Waals surface area contributed by atoms with E-state index in [-0.39, 0.29) is 0 Å². The average Bonchev–Trinajstić information content (AvgIpc) is 2.56. The van der Waals surface area contributed by atoms with Crippen molar-refractivity contribution < 1.29 is 4.74 Å². The second-order valence-electron chi connectivity index (χ2n) is 4.10. The zero-order valence-corrected chi connectivity index (χ0v) is 8.86. The molecule has 1 aromatic carbocycles. The topological polar surface area (TPSA) is 12.5 Å². The number of ether oxygens (including phenoxy) is 1. The summed E-state index contributed by atoms with van der Waals surface area (Å²) in [5, 5.41) is 0. The first kappa shape index (κ1) is 9.59. The van der Waals surface area contributed by atoms with Crippen LogP contribution in [-0.2, 0) is 0 Å². The van der Waals surface area contributed by atoms with Crippen LogP contribution in [0.4, 0.5) is 0 Å². The number of likely N-dealkylation sites (N-methyl/N-ethyl adjacent to an activating group) is 1. The van der Waals surface area contributed by atoms with Gasteiger partial charge < -0.3 is 9.64 Å². The molecule has 1 atom stereocenters. The molecular formula is C11H16BNO. The van der Waals surface area contributed by atoms with Gasteiger partial charge in [-0.05, 0) is 25.6 Å². The molecule has 1 aromatic rings. The fourth-order valence-corrected chi connectivity index (χ4v) is 1.80. The summed E-state index contributed by atoms with van der Waals surface area (Å²) in [6, 6.07) is 8.28. The van der Waals surface area contributed by atoms with Crippen LogP contribution in [-0.4, -0.2) is 39.0 Å². The third-order valence-corrected chi connectivity index (χ3v) is 2.67. The predicted molar refractivity (Wildman–Crippen MR) is 61.2 cm³/mol. The summed E-state index contributed by atoms with van der Waals surface area (Å²) in [7, 11) is 4.23. The summed E-state index contributed by atoms with van der Waals surface area (Å²) in [5.74, 6) is 0.996. The highest BCUT2D eigenvalue weighted by Gasteiger charge is 2.20. The van der Waals surface area contributed by atoms with Crippen LogP contribution >= 0.6 is 0 Å². The maximum Gasteiger partial charge on any atom is 0.139 e. The van der Waals surface area contributed by atoms with E-state index in [0.717, 1.165) is 25.3 Å². The van der Waals surface area contributed by atoms with E-state index in [1.165, 1.54) is 5.46 Å². The summed E-state index contributed by atoms with van der Waals surface area (Å²) in [4.78, 5) is 2.30. The van der Waals surface area contributed by atoms with Crippen LogP contribution in [0.1, 0.15) is 6.42 Å². The van der Waals surface area contributed by atoms with Gasteiger partial charge in [0.05, 0.1) is 0 Å². The molecule has 74 valence electrons. The summed E-state index contributed by atoms with van der Waals surface area (Å²) in [6.07, 6.45) is 1.52. The number of benzene rings is 1. The Balaban J connectivity index is 1.94. The second-order valence-corrected chi connectivity index (χ2v) is 4.10. The van der Waals surface area contributed by atoms with E-state index in [1.807, 2.05) is 12.1 Å². The van der Waals surface area contributed by atoms with Crippen LogP contribution in [0.2, 0.25) is 0 Å². The van der Waals surface area contributed by atoms with Crippen LogP contribution in [0.5, 0.6) is 5.75 Å². The number of hydrogen-bond acceptors (Lipinski definition) is 2.